The van der Waals surface area contributed by atoms with E-state index < -0.39 is 11.7 Å². The molecule has 5 heteroatoms. The number of anilines is 1. The summed E-state index contributed by atoms with van der Waals surface area (Å²) in [6, 6.07) is 13.9. The van der Waals surface area contributed by atoms with Gasteiger partial charge in [-0.2, -0.15) is 5.10 Å². The maximum atomic E-state index is 13.5. The molecule has 0 bridgehead atoms. The average molecular weight is 325 g/mol. The van der Waals surface area contributed by atoms with E-state index in [0.717, 1.165) is 18.7 Å². The van der Waals surface area contributed by atoms with E-state index in [0.29, 0.717) is 0 Å². The zero-order valence-electron chi connectivity index (χ0n) is 13.4. The smallest absolute Gasteiger partial charge is 0.274 e. The van der Waals surface area contributed by atoms with Gasteiger partial charge in [0.15, 0.2) is 0 Å². The van der Waals surface area contributed by atoms with E-state index in [-0.39, 0.29) is 5.56 Å². The van der Waals surface area contributed by atoms with Gasteiger partial charge in [0.1, 0.15) is 5.82 Å². The molecule has 1 amide bonds. The summed E-state index contributed by atoms with van der Waals surface area (Å²) in [6.07, 6.45) is 5.35. The molecule has 1 fully saturated rings. The van der Waals surface area contributed by atoms with E-state index in [9.17, 15) is 9.18 Å². The van der Waals surface area contributed by atoms with Crippen molar-refractivity contribution in [2.24, 2.45) is 5.10 Å². The van der Waals surface area contributed by atoms with Crippen molar-refractivity contribution in [3.8, 4) is 0 Å². The number of nitrogens with one attached hydrogen (secondary N) is 1. The lowest BCUT2D eigenvalue weighted by atomic mass is 10.1. The Hall–Kier alpha value is -2.69. The van der Waals surface area contributed by atoms with Crippen molar-refractivity contribution in [3.05, 3.63) is 65.5 Å². The van der Waals surface area contributed by atoms with Gasteiger partial charge in [-0.15, -0.1) is 0 Å². The Morgan fingerprint density at radius 1 is 1.04 bits per heavy atom. The molecule has 2 aromatic rings. The summed E-state index contributed by atoms with van der Waals surface area (Å²) in [6.45, 7) is 2.21. The summed E-state index contributed by atoms with van der Waals surface area (Å²) >= 11 is 0. The molecule has 0 aromatic heterocycles. The lowest BCUT2D eigenvalue weighted by Crippen LogP contribution is -2.29. The van der Waals surface area contributed by atoms with Crippen LogP contribution < -0.4 is 10.3 Å². The van der Waals surface area contributed by atoms with Crippen LogP contribution in [0.1, 0.15) is 35.2 Å². The number of hydrogen-bond donors (Lipinski definition) is 1. The lowest BCUT2D eigenvalue weighted by molar-refractivity contribution is 0.0951. The minimum absolute atomic E-state index is 0.0184. The monoisotopic (exact) mass is 325 g/mol. The Morgan fingerprint density at radius 2 is 1.75 bits per heavy atom. The van der Waals surface area contributed by atoms with Crippen LogP contribution in [-0.2, 0) is 0 Å². The molecular weight excluding hydrogens is 305 g/mol. The average Bonchev–Trinajstić information content (AvgIpc) is 2.63. The van der Waals surface area contributed by atoms with Crippen LogP contribution in [0.4, 0.5) is 10.1 Å². The van der Waals surface area contributed by atoms with Crippen LogP contribution in [0.15, 0.2) is 53.6 Å². The molecule has 1 aliphatic rings. The molecule has 2 aromatic carbocycles. The molecule has 0 atom stereocenters. The van der Waals surface area contributed by atoms with E-state index in [1.54, 1.807) is 18.3 Å². The molecule has 1 N–H and O–H groups in total. The highest BCUT2D eigenvalue weighted by molar-refractivity contribution is 5.95. The van der Waals surface area contributed by atoms with Gasteiger partial charge in [-0.05, 0) is 49.1 Å². The van der Waals surface area contributed by atoms with Gasteiger partial charge >= 0.3 is 0 Å². The number of rotatable bonds is 4. The Labute approximate surface area is 141 Å². The van der Waals surface area contributed by atoms with Crippen LogP contribution in [0.3, 0.4) is 0 Å². The second-order valence-corrected chi connectivity index (χ2v) is 5.82. The first-order valence-electron chi connectivity index (χ1n) is 8.17. The topological polar surface area (TPSA) is 44.7 Å². The highest BCUT2D eigenvalue weighted by atomic mass is 19.1. The zero-order chi connectivity index (χ0) is 16.8. The van der Waals surface area contributed by atoms with Crippen molar-refractivity contribution in [1.29, 1.82) is 0 Å². The third-order valence-electron chi connectivity index (χ3n) is 4.11. The van der Waals surface area contributed by atoms with Crippen LogP contribution in [0.5, 0.6) is 0 Å². The molecule has 4 nitrogen and oxygen atoms in total. The normalized spacial score (nSPS) is 14.8. The molecule has 1 aliphatic heterocycles. The molecular formula is C19H20FN3O. The summed E-state index contributed by atoms with van der Waals surface area (Å²) in [5.74, 6) is -1.12. The standard InChI is InChI=1S/C19H20FN3O/c20-18-7-3-2-6-17(18)19(24)22-21-14-15-8-10-16(11-9-15)23-12-4-1-5-13-23/h2-3,6-11,14H,1,4-5,12-13H2,(H,22,24)/b21-14-. The summed E-state index contributed by atoms with van der Waals surface area (Å²) in [7, 11) is 0. The number of halogens is 1. The largest absolute Gasteiger partial charge is 0.372 e. The number of piperidine rings is 1. The van der Waals surface area contributed by atoms with Gasteiger partial charge in [-0.25, -0.2) is 9.82 Å². The first-order valence-corrected chi connectivity index (χ1v) is 8.17. The number of nitrogens with zero attached hydrogens (tertiary/aromatic N) is 2. The first kappa shape index (κ1) is 16.2. The molecule has 1 saturated heterocycles. The van der Waals surface area contributed by atoms with Gasteiger partial charge in [0, 0.05) is 18.8 Å². The summed E-state index contributed by atoms with van der Waals surface area (Å²) in [5, 5.41) is 3.90. The maximum absolute atomic E-state index is 13.5. The molecule has 24 heavy (non-hydrogen) atoms. The number of carbonyl (C=O) groups is 1. The minimum atomic E-state index is -0.561. The van der Waals surface area contributed by atoms with Gasteiger partial charge in [0.25, 0.3) is 5.91 Å². The maximum Gasteiger partial charge on any atom is 0.274 e. The quantitative estimate of drug-likeness (QED) is 0.690. The number of benzene rings is 2. The molecule has 0 spiro atoms. The summed E-state index contributed by atoms with van der Waals surface area (Å²) < 4.78 is 13.5. The van der Waals surface area contributed by atoms with Crippen molar-refractivity contribution in [2.45, 2.75) is 19.3 Å². The van der Waals surface area contributed by atoms with E-state index >= 15 is 0 Å². The van der Waals surface area contributed by atoms with Gasteiger partial charge < -0.3 is 4.90 Å². The Kier molecular flexibility index (Phi) is 5.21. The molecule has 0 unspecified atom stereocenters. The van der Waals surface area contributed by atoms with Crippen molar-refractivity contribution in [3.63, 3.8) is 0 Å². The predicted octanol–water partition coefficient (Wildman–Crippen LogP) is 3.58. The molecule has 0 aliphatic carbocycles. The fraction of sp³-hybridized carbons (Fsp3) is 0.263. The second-order valence-electron chi connectivity index (χ2n) is 5.82. The van der Waals surface area contributed by atoms with Crippen LogP contribution in [0, 0.1) is 5.82 Å². The number of carbonyl (C=O) groups excluding carboxylic acids is 1. The van der Waals surface area contributed by atoms with E-state index in [1.165, 1.54) is 37.1 Å². The minimum Gasteiger partial charge on any atom is -0.372 e. The Balaban J connectivity index is 1.58. The van der Waals surface area contributed by atoms with Crippen LogP contribution in [-0.4, -0.2) is 25.2 Å². The molecule has 0 radical (unpaired) electrons. The number of hydrazone groups is 1. The third-order valence-corrected chi connectivity index (χ3v) is 4.11. The van der Waals surface area contributed by atoms with Gasteiger partial charge in [0.2, 0.25) is 0 Å². The number of hydrogen-bond acceptors (Lipinski definition) is 3. The van der Waals surface area contributed by atoms with Crippen LogP contribution >= 0.6 is 0 Å². The first-order chi connectivity index (χ1) is 11.7. The predicted molar refractivity (Wildman–Crippen MR) is 94.0 cm³/mol. The SMILES string of the molecule is O=C(N/N=C\c1ccc(N2CCCCC2)cc1)c1ccccc1F. The van der Waals surface area contributed by atoms with E-state index in [4.69, 9.17) is 0 Å². The van der Waals surface area contributed by atoms with Crippen LogP contribution in [0.25, 0.3) is 0 Å². The van der Waals surface area contributed by atoms with Gasteiger partial charge in [0.05, 0.1) is 11.8 Å². The van der Waals surface area contributed by atoms with Gasteiger partial charge in [-0.1, -0.05) is 24.3 Å². The van der Waals surface area contributed by atoms with Crippen molar-refractivity contribution >= 4 is 17.8 Å². The molecule has 0 saturated carbocycles. The lowest BCUT2D eigenvalue weighted by Gasteiger charge is -2.28. The summed E-state index contributed by atoms with van der Waals surface area (Å²) in [4.78, 5) is 14.2. The van der Waals surface area contributed by atoms with Gasteiger partial charge in [-0.3, -0.25) is 4.79 Å². The molecule has 1 heterocycles. The van der Waals surface area contributed by atoms with Crippen molar-refractivity contribution < 1.29 is 9.18 Å². The summed E-state index contributed by atoms with van der Waals surface area (Å²) in [5.41, 5.74) is 4.42. The Bertz CT molecular complexity index is 722. The Morgan fingerprint density at radius 3 is 2.46 bits per heavy atom. The van der Waals surface area contributed by atoms with E-state index in [1.807, 2.05) is 12.1 Å². The number of amides is 1. The third kappa shape index (κ3) is 3.98. The second kappa shape index (κ2) is 7.73. The zero-order valence-corrected chi connectivity index (χ0v) is 13.4. The van der Waals surface area contributed by atoms with E-state index in [2.05, 4.69) is 27.6 Å². The highest BCUT2D eigenvalue weighted by Gasteiger charge is 2.11. The van der Waals surface area contributed by atoms with Crippen molar-refractivity contribution in [2.75, 3.05) is 18.0 Å². The fourth-order valence-electron chi connectivity index (χ4n) is 2.79. The molecule has 3 rings (SSSR count). The molecule has 124 valence electrons. The van der Waals surface area contributed by atoms with Crippen molar-refractivity contribution in [1.82, 2.24) is 5.43 Å². The fourth-order valence-corrected chi connectivity index (χ4v) is 2.79. The van der Waals surface area contributed by atoms with Crippen LogP contribution in [0.2, 0.25) is 0 Å². The highest BCUT2D eigenvalue weighted by Crippen LogP contribution is 2.19.